The maximum Gasteiger partial charge on any atom is 0.223 e. The third-order valence-electron chi connectivity index (χ3n) is 4.50. The quantitative estimate of drug-likeness (QED) is 0.770. The molecule has 3 heterocycles. The predicted octanol–water partition coefficient (Wildman–Crippen LogP) is 2.29. The van der Waals surface area contributed by atoms with Gasteiger partial charge >= 0.3 is 0 Å². The number of nitrogens with one attached hydrogen (secondary N) is 2. The molecule has 1 atom stereocenters. The lowest BCUT2D eigenvalue weighted by Gasteiger charge is -2.22. The van der Waals surface area contributed by atoms with Gasteiger partial charge in [-0.1, -0.05) is 12.1 Å². The average molecular weight is 324 g/mol. The molecule has 0 aliphatic carbocycles. The number of hydrogen-bond donors (Lipinski definition) is 2. The van der Waals surface area contributed by atoms with Crippen molar-refractivity contribution in [3.05, 3.63) is 41.7 Å². The van der Waals surface area contributed by atoms with E-state index in [0.717, 1.165) is 47.9 Å². The van der Waals surface area contributed by atoms with Crippen molar-refractivity contribution in [3.63, 3.8) is 0 Å². The van der Waals surface area contributed by atoms with Crippen LogP contribution in [-0.4, -0.2) is 42.5 Å². The zero-order chi connectivity index (χ0) is 16.5. The number of aryl methyl sites for hydroxylation is 2. The molecule has 1 aliphatic rings. The molecule has 0 saturated carbocycles. The molecule has 0 bridgehead atoms. The number of H-pyrrole nitrogens is 2. The molecule has 1 fully saturated rings. The second-order valence-electron chi connectivity index (χ2n) is 6.22. The van der Waals surface area contributed by atoms with Gasteiger partial charge in [-0.25, -0.2) is 9.97 Å². The molecule has 1 aromatic carbocycles. The van der Waals surface area contributed by atoms with Gasteiger partial charge in [0.25, 0.3) is 0 Å². The van der Waals surface area contributed by atoms with Gasteiger partial charge in [-0.3, -0.25) is 9.89 Å². The number of aromatic amines is 2. The fourth-order valence-corrected chi connectivity index (χ4v) is 3.34. The second-order valence-corrected chi connectivity index (χ2v) is 6.22. The van der Waals surface area contributed by atoms with E-state index in [2.05, 4.69) is 25.1 Å². The van der Waals surface area contributed by atoms with Crippen molar-refractivity contribution in [3.8, 4) is 0 Å². The number of rotatable bonds is 4. The average Bonchev–Trinajstić information content (AvgIpc) is 3.30. The Kier molecular flexibility index (Phi) is 3.76. The number of para-hydroxylation sites is 2. The molecule has 24 heavy (non-hydrogen) atoms. The first-order valence-corrected chi connectivity index (χ1v) is 8.33. The third kappa shape index (κ3) is 2.77. The number of carbonyl (C=O) groups excluding carboxylic acids is 1. The first-order valence-electron chi connectivity index (χ1n) is 8.33. The van der Waals surface area contributed by atoms with Crippen molar-refractivity contribution in [2.24, 2.45) is 0 Å². The van der Waals surface area contributed by atoms with Crippen molar-refractivity contribution in [1.82, 2.24) is 30.0 Å². The van der Waals surface area contributed by atoms with Crippen molar-refractivity contribution in [2.45, 2.75) is 38.6 Å². The molecule has 1 amide bonds. The second kappa shape index (κ2) is 6.07. The fraction of sp³-hybridized carbons (Fsp3) is 0.412. The van der Waals surface area contributed by atoms with Crippen LogP contribution in [0.4, 0.5) is 0 Å². The standard InChI is InChI=1S/C17H20N6O/c1-11-18-17(22-21-11)14-7-4-10-23(14)16(24)9-8-15-19-12-5-2-3-6-13(12)20-15/h2-3,5-6,14H,4,7-10H2,1H3,(H,19,20)(H,18,21,22)/t14-/m0/s1. The number of imidazole rings is 1. The van der Waals surface area contributed by atoms with E-state index in [0.29, 0.717) is 12.8 Å². The van der Waals surface area contributed by atoms with Gasteiger partial charge in [-0.05, 0) is 31.9 Å². The number of aromatic nitrogens is 5. The highest BCUT2D eigenvalue weighted by Gasteiger charge is 2.32. The van der Waals surface area contributed by atoms with Crippen LogP contribution in [0, 0.1) is 6.92 Å². The summed E-state index contributed by atoms with van der Waals surface area (Å²) in [4.78, 5) is 26.8. The molecule has 3 aromatic rings. The van der Waals surface area contributed by atoms with Crippen LogP contribution in [0.15, 0.2) is 24.3 Å². The summed E-state index contributed by atoms with van der Waals surface area (Å²) in [6, 6.07) is 7.90. The van der Waals surface area contributed by atoms with Crippen molar-refractivity contribution >= 4 is 16.9 Å². The summed E-state index contributed by atoms with van der Waals surface area (Å²) in [5.41, 5.74) is 1.95. The molecule has 4 rings (SSSR count). The minimum absolute atomic E-state index is 0.00174. The molecule has 0 unspecified atom stereocenters. The fourth-order valence-electron chi connectivity index (χ4n) is 3.34. The van der Waals surface area contributed by atoms with Gasteiger partial charge in [-0.15, -0.1) is 0 Å². The molecule has 0 radical (unpaired) electrons. The minimum atomic E-state index is -0.00174. The highest BCUT2D eigenvalue weighted by Crippen LogP contribution is 2.30. The smallest absolute Gasteiger partial charge is 0.223 e. The Bertz CT molecular complexity index is 834. The van der Waals surface area contributed by atoms with Crippen LogP contribution >= 0.6 is 0 Å². The molecule has 2 N–H and O–H groups in total. The normalized spacial score (nSPS) is 17.7. The molecule has 1 saturated heterocycles. The van der Waals surface area contributed by atoms with Crippen LogP contribution < -0.4 is 0 Å². The van der Waals surface area contributed by atoms with Crippen LogP contribution in [0.2, 0.25) is 0 Å². The zero-order valence-corrected chi connectivity index (χ0v) is 13.6. The van der Waals surface area contributed by atoms with E-state index in [4.69, 9.17) is 0 Å². The highest BCUT2D eigenvalue weighted by molar-refractivity contribution is 5.78. The molecule has 124 valence electrons. The maximum atomic E-state index is 12.6. The van der Waals surface area contributed by atoms with E-state index < -0.39 is 0 Å². The van der Waals surface area contributed by atoms with Gasteiger partial charge in [0, 0.05) is 19.4 Å². The summed E-state index contributed by atoms with van der Waals surface area (Å²) in [6.07, 6.45) is 2.98. The van der Waals surface area contributed by atoms with E-state index in [1.54, 1.807) is 0 Å². The van der Waals surface area contributed by atoms with E-state index in [9.17, 15) is 4.79 Å². The summed E-state index contributed by atoms with van der Waals surface area (Å²) in [7, 11) is 0. The van der Waals surface area contributed by atoms with Gasteiger partial charge in [0.2, 0.25) is 5.91 Å². The molecular weight excluding hydrogens is 304 g/mol. The number of likely N-dealkylation sites (tertiary alicyclic amines) is 1. The molecular formula is C17H20N6O. The Hall–Kier alpha value is -2.70. The highest BCUT2D eigenvalue weighted by atomic mass is 16.2. The van der Waals surface area contributed by atoms with Crippen LogP contribution in [0.5, 0.6) is 0 Å². The third-order valence-corrected chi connectivity index (χ3v) is 4.50. The van der Waals surface area contributed by atoms with E-state index in [-0.39, 0.29) is 11.9 Å². The van der Waals surface area contributed by atoms with E-state index in [1.807, 2.05) is 36.1 Å². The molecule has 1 aliphatic heterocycles. The van der Waals surface area contributed by atoms with E-state index >= 15 is 0 Å². The van der Waals surface area contributed by atoms with Gasteiger partial charge in [0.15, 0.2) is 5.82 Å². The molecule has 7 heteroatoms. The Morgan fingerprint density at radius 1 is 1.33 bits per heavy atom. The zero-order valence-electron chi connectivity index (χ0n) is 13.6. The largest absolute Gasteiger partial charge is 0.342 e. The van der Waals surface area contributed by atoms with Crippen LogP contribution in [-0.2, 0) is 11.2 Å². The number of benzene rings is 1. The summed E-state index contributed by atoms with van der Waals surface area (Å²) < 4.78 is 0. The monoisotopic (exact) mass is 324 g/mol. The van der Waals surface area contributed by atoms with Crippen molar-refractivity contribution < 1.29 is 4.79 Å². The minimum Gasteiger partial charge on any atom is -0.342 e. The van der Waals surface area contributed by atoms with Crippen molar-refractivity contribution in [1.29, 1.82) is 0 Å². The van der Waals surface area contributed by atoms with Crippen LogP contribution in [0.1, 0.15) is 42.8 Å². The van der Waals surface area contributed by atoms with Crippen molar-refractivity contribution in [2.75, 3.05) is 6.54 Å². The van der Waals surface area contributed by atoms with Crippen LogP contribution in [0.25, 0.3) is 11.0 Å². The summed E-state index contributed by atoms with van der Waals surface area (Å²) in [5, 5.41) is 7.09. The first kappa shape index (κ1) is 14.9. The maximum absolute atomic E-state index is 12.6. The Balaban J connectivity index is 1.43. The Morgan fingerprint density at radius 3 is 3.00 bits per heavy atom. The predicted molar refractivity (Wildman–Crippen MR) is 89.2 cm³/mol. The molecule has 7 nitrogen and oxygen atoms in total. The van der Waals surface area contributed by atoms with Gasteiger partial charge in [0.05, 0.1) is 17.1 Å². The lowest BCUT2D eigenvalue weighted by atomic mass is 10.2. The number of fused-ring (bicyclic) bond motifs is 1. The Labute approximate surface area is 139 Å². The van der Waals surface area contributed by atoms with Gasteiger partial charge in [0.1, 0.15) is 11.6 Å². The Morgan fingerprint density at radius 2 is 2.21 bits per heavy atom. The summed E-state index contributed by atoms with van der Waals surface area (Å²) in [5.74, 6) is 2.50. The number of amides is 1. The van der Waals surface area contributed by atoms with Gasteiger partial charge < -0.3 is 9.88 Å². The lowest BCUT2D eigenvalue weighted by Crippen LogP contribution is -2.31. The summed E-state index contributed by atoms with van der Waals surface area (Å²) in [6.45, 7) is 2.65. The van der Waals surface area contributed by atoms with E-state index in [1.165, 1.54) is 0 Å². The first-order chi connectivity index (χ1) is 11.7. The number of nitrogens with zero attached hydrogens (tertiary/aromatic N) is 4. The van der Waals surface area contributed by atoms with Gasteiger partial charge in [-0.2, -0.15) is 5.10 Å². The van der Waals surface area contributed by atoms with Crippen LogP contribution in [0.3, 0.4) is 0 Å². The summed E-state index contributed by atoms with van der Waals surface area (Å²) >= 11 is 0. The topological polar surface area (TPSA) is 90.6 Å². The molecule has 0 spiro atoms. The lowest BCUT2D eigenvalue weighted by molar-refractivity contribution is -0.132. The molecule has 2 aromatic heterocycles. The number of carbonyl (C=O) groups is 1. The number of hydrogen-bond acceptors (Lipinski definition) is 4. The SMILES string of the molecule is Cc1nc([C@@H]2CCCN2C(=O)CCc2nc3ccccc3[nH]2)n[nH]1.